The lowest BCUT2D eigenvalue weighted by Gasteiger charge is -2.62. The van der Waals surface area contributed by atoms with Gasteiger partial charge in [0.1, 0.15) is 0 Å². The number of hydrogen-bond acceptors (Lipinski definition) is 2. The van der Waals surface area contributed by atoms with Crippen molar-refractivity contribution in [2.75, 3.05) is 0 Å². The van der Waals surface area contributed by atoms with E-state index in [4.69, 9.17) is 0 Å². The standard InChI is InChI=1S/C21H33FO2/c1-4-13-6-9-16-15-8-5-14-7-10-18(23)21(22,24)20(14,3)17(15)11-12-19(13,16)2/h13-17,24H,4-12H2,1-3H3/t13-,14-,15-,16-,17-,19+,20-,21?/m0/s1. The van der Waals surface area contributed by atoms with Gasteiger partial charge < -0.3 is 5.11 Å². The van der Waals surface area contributed by atoms with Gasteiger partial charge in [0, 0.05) is 11.8 Å². The molecule has 1 unspecified atom stereocenters. The van der Waals surface area contributed by atoms with Crippen LogP contribution in [0.25, 0.3) is 0 Å². The van der Waals surface area contributed by atoms with Crippen LogP contribution in [0.15, 0.2) is 0 Å². The smallest absolute Gasteiger partial charge is 0.271 e. The lowest BCUT2D eigenvalue weighted by molar-refractivity contribution is -0.256. The number of aliphatic hydroxyl groups is 1. The van der Waals surface area contributed by atoms with Crippen LogP contribution in [0.4, 0.5) is 4.39 Å². The van der Waals surface area contributed by atoms with Crippen LogP contribution >= 0.6 is 0 Å². The average Bonchev–Trinajstić information content (AvgIpc) is 2.89. The molecule has 0 heterocycles. The highest BCUT2D eigenvalue weighted by molar-refractivity contribution is 5.87. The molecule has 4 aliphatic carbocycles. The molecule has 1 N–H and O–H groups in total. The number of carbonyl (C=O) groups excluding carboxylic acids is 1. The van der Waals surface area contributed by atoms with Crippen molar-refractivity contribution in [3.05, 3.63) is 0 Å². The van der Waals surface area contributed by atoms with Crippen LogP contribution in [0.3, 0.4) is 0 Å². The van der Waals surface area contributed by atoms with E-state index in [1.165, 1.54) is 25.7 Å². The minimum absolute atomic E-state index is 0.166. The van der Waals surface area contributed by atoms with Gasteiger partial charge in [-0.2, -0.15) is 0 Å². The minimum Gasteiger partial charge on any atom is -0.356 e. The lowest BCUT2D eigenvalue weighted by atomic mass is 9.43. The monoisotopic (exact) mass is 336 g/mol. The van der Waals surface area contributed by atoms with Gasteiger partial charge in [0.2, 0.25) is 0 Å². The van der Waals surface area contributed by atoms with E-state index in [0.29, 0.717) is 17.3 Å². The SMILES string of the molecule is CC[C@H]1CC[C@H]2[C@@H]3CC[C@H]4CCC(=O)C(O)(F)[C@]4(C)[C@H]3CC[C@]12C. The fourth-order valence-corrected chi connectivity index (χ4v) is 7.94. The van der Waals surface area contributed by atoms with Gasteiger partial charge >= 0.3 is 0 Å². The second kappa shape index (κ2) is 5.28. The first kappa shape index (κ1) is 17.0. The van der Waals surface area contributed by atoms with Crippen LogP contribution in [0.2, 0.25) is 0 Å². The first-order chi connectivity index (χ1) is 11.3. The molecule has 0 radical (unpaired) electrons. The number of fused-ring (bicyclic) bond motifs is 5. The van der Waals surface area contributed by atoms with Gasteiger partial charge in [-0.15, -0.1) is 0 Å². The first-order valence-corrected chi connectivity index (χ1v) is 10.2. The Bertz CT molecular complexity index is 544. The Kier molecular flexibility index (Phi) is 3.74. The molecule has 24 heavy (non-hydrogen) atoms. The summed E-state index contributed by atoms with van der Waals surface area (Å²) in [4.78, 5) is 12.2. The topological polar surface area (TPSA) is 37.3 Å². The predicted molar refractivity (Wildman–Crippen MR) is 92.0 cm³/mol. The number of hydrogen-bond donors (Lipinski definition) is 1. The Morgan fingerprint density at radius 1 is 1.08 bits per heavy atom. The van der Waals surface area contributed by atoms with Crippen LogP contribution in [0.1, 0.15) is 78.6 Å². The summed E-state index contributed by atoms with van der Waals surface area (Å²) in [5.41, 5.74) is -0.469. The second-order valence-corrected chi connectivity index (χ2v) is 9.74. The zero-order chi connectivity index (χ0) is 17.3. The molecule has 0 aromatic carbocycles. The van der Waals surface area contributed by atoms with Crippen molar-refractivity contribution >= 4 is 5.78 Å². The quantitative estimate of drug-likeness (QED) is 0.740. The van der Waals surface area contributed by atoms with E-state index in [9.17, 15) is 9.90 Å². The first-order valence-electron chi connectivity index (χ1n) is 10.2. The number of carbonyl (C=O) groups is 1. The summed E-state index contributed by atoms with van der Waals surface area (Å²) in [6.45, 7) is 6.68. The summed E-state index contributed by atoms with van der Waals surface area (Å²) in [5, 5.41) is 10.6. The lowest BCUT2D eigenvalue weighted by Crippen LogP contribution is -2.64. The summed E-state index contributed by atoms with van der Waals surface area (Å²) in [6.07, 6.45) is 9.08. The normalized spacial score (nSPS) is 57.2. The molecule has 0 aromatic rings. The molecule has 0 aliphatic heterocycles. The van der Waals surface area contributed by atoms with Crippen LogP contribution in [0, 0.1) is 40.4 Å². The van der Waals surface area contributed by atoms with E-state index < -0.39 is 17.1 Å². The number of alkyl halides is 1. The van der Waals surface area contributed by atoms with E-state index in [1.54, 1.807) is 0 Å². The zero-order valence-electron chi connectivity index (χ0n) is 15.5. The molecule has 0 saturated heterocycles. The van der Waals surface area contributed by atoms with Gasteiger partial charge in [-0.1, -0.05) is 27.2 Å². The second-order valence-electron chi connectivity index (χ2n) is 9.74. The molecule has 8 atom stereocenters. The van der Waals surface area contributed by atoms with Crippen LogP contribution in [-0.4, -0.2) is 16.7 Å². The average molecular weight is 336 g/mol. The van der Waals surface area contributed by atoms with Crippen molar-refractivity contribution in [1.29, 1.82) is 0 Å². The third-order valence-corrected chi connectivity index (χ3v) is 9.40. The summed E-state index contributed by atoms with van der Waals surface area (Å²) < 4.78 is 15.3. The Balaban J connectivity index is 1.71. The molecule has 0 spiro atoms. The summed E-state index contributed by atoms with van der Waals surface area (Å²) in [6, 6.07) is 0. The van der Waals surface area contributed by atoms with E-state index in [-0.39, 0.29) is 18.3 Å². The van der Waals surface area contributed by atoms with Crippen LogP contribution < -0.4 is 0 Å². The molecule has 4 fully saturated rings. The molecule has 4 saturated carbocycles. The molecule has 0 bridgehead atoms. The number of ketones is 1. The Morgan fingerprint density at radius 2 is 1.83 bits per heavy atom. The fraction of sp³-hybridized carbons (Fsp3) is 0.952. The maximum Gasteiger partial charge on any atom is 0.271 e. The van der Waals surface area contributed by atoms with E-state index >= 15 is 4.39 Å². The molecule has 136 valence electrons. The Hall–Kier alpha value is -0.440. The molecule has 2 nitrogen and oxygen atoms in total. The molecule has 3 heteroatoms. The molecular weight excluding hydrogens is 303 g/mol. The van der Waals surface area contributed by atoms with Crippen molar-refractivity contribution in [2.45, 2.75) is 84.4 Å². The van der Waals surface area contributed by atoms with Crippen molar-refractivity contribution < 1.29 is 14.3 Å². The van der Waals surface area contributed by atoms with Crippen LogP contribution in [-0.2, 0) is 4.79 Å². The summed E-state index contributed by atoms with van der Waals surface area (Å²) in [5.74, 6) is -0.889. The van der Waals surface area contributed by atoms with Crippen molar-refractivity contribution in [3.63, 3.8) is 0 Å². The van der Waals surface area contributed by atoms with Crippen molar-refractivity contribution in [1.82, 2.24) is 0 Å². The predicted octanol–water partition coefficient (Wildman–Crippen LogP) is 4.89. The highest BCUT2D eigenvalue weighted by Gasteiger charge is 2.68. The number of Topliss-reactive ketones (excluding diaryl/α,β-unsaturated/α-hetero) is 1. The number of halogens is 1. The van der Waals surface area contributed by atoms with E-state index in [1.807, 2.05) is 6.92 Å². The third-order valence-electron chi connectivity index (χ3n) is 9.40. The zero-order valence-corrected chi connectivity index (χ0v) is 15.5. The van der Waals surface area contributed by atoms with E-state index in [0.717, 1.165) is 31.6 Å². The third kappa shape index (κ3) is 1.88. The Morgan fingerprint density at radius 3 is 2.54 bits per heavy atom. The number of rotatable bonds is 1. The Labute approximate surface area is 145 Å². The van der Waals surface area contributed by atoms with Gasteiger partial charge in [-0.05, 0) is 80.0 Å². The molecular formula is C21H33FO2. The van der Waals surface area contributed by atoms with Crippen molar-refractivity contribution in [2.24, 2.45) is 40.4 Å². The largest absolute Gasteiger partial charge is 0.356 e. The summed E-state index contributed by atoms with van der Waals surface area (Å²) >= 11 is 0. The van der Waals surface area contributed by atoms with Gasteiger partial charge in [0.05, 0.1) is 0 Å². The molecule has 4 aliphatic rings. The van der Waals surface area contributed by atoms with E-state index in [2.05, 4.69) is 13.8 Å². The minimum atomic E-state index is -2.62. The highest BCUT2D eigenvalue weighted by Crippen LogP contribution is 2.69. The van der Waals surface area contributed by atoms with Gasteiger partial charge in [0.15, 0.2) is 5.78 Å². The highest BCUT2D eigenvalue weighted by atomic mass is 19.2. The maximum atomic E-state index is 15.3. The molecule has 0 amide bonds. The van der Waals surface area contributed by atoms with Gasteiger partial charge in [0.25, 0.3) is 5.85 Å². The van der Waals surface area contributed by atoms with Crippen molar-refractivity contribution in [3.8, 4) is 0 Å². The van der Waals surface area contributed by atoms with Gasteiger partial charge in [-0.25, -0.2) is 4.39 Å². The van der Waals surface area contributed by atoms with Gasteiger partial charge in [-0.3, -0.25) is 4.79 Å². The summed E-state index contributed by atoms with van der Waals surface area (Å²) in [7, 11) is 0. The molecule has 4 rings (SSSR count). The fourth-order valence-electron chi connectivity index (χ4n) is 7.94. The maximum absolute atomic E-state index is 15.3. The molecule has 0 aromatic heterocycles. The van der Waals surface area contributed by atoms with Crippen LogP contribution in [0.5, 0.6) is 0 Å².